The molecule has 1 aromatic heterocycles. The molecule has 0 bridgehead atoms. The summed E-state index contributed by atoms with van der Waals surface area (Å²) in [5.74, 6) is 0.517. The van der Waals surface area contributed by atoms with Gasteiger partial charge in [-0.1, -0.05) is 45.0 Å². The summed E-state index contributed by atoms with van der Waals surface area (Å²) >= 11 is 0. The van der Waals surface area contributed by atoms with Crippen LogP contribution < -0.4 is 4.74 Å². The zero-order chi connectivity index (χ0) is 18.9. The second-order valence-electron chi connectivity index (χ2n) is 7.27. The summed E-state index contributed by atoms with van der Waals surface area (Å²) < 4.78 is 44.4. The number of halogens is 3. The van der Waals surface area contributed by atoms with Crippen molar-refractivity contribution in [3.63, 3.8) is 0 Å². The molecule has 2 aromatic carbocycles. The highest BCUT2D eigenvalue weighted by Crippen LogP contribution is 2.33. The highest BCUT2D eigenvalue weighted by molar-refractivity contribution is 5.85. The highest BCUT2D eigenvalue weighted by Gasteiger charge is 2.30. The maximum absolute atomic E-state index is 12.8. The molecule has 0 spiro atoms. The summed E-state index contributed by atoms with van der Waals surface area (Å²) in [6.45, 7) is 6.79. The quantitative estimate of drug-likeness (QED) is 0.561. The predicted molar refractivity (Wildman–Crippen MR) is 96.2 cm³/mol. The van der Waals surface area contributed by atoms with Gasteiger partial charge in [0.05, 0.1) is 11.1 Å². The van der Waals surface area contributed by atoms with Crippen LogP contribution in [0.4, 0.5) is 13.2 Å². The molecule has 0 atom stereocenters. The molecule has 2 nitrogen and oxygen atoms in total. The van der Waals surface area contributed by atoms with Crippen LogP contribution in [0.25, 0.3) is 10.9 Å². The van der Waals surface area contributed by atoms with Crippen molar-refractivity contribution in [1.82, 2.24) is 4.98 Å². The van der Waals surface area contributed by atoms with Crippen LogP contribution in [0.2, 0.25) is 0 Å². The molecule has 0 fully saturated rings. The monoisotopic (exact) mass is 359 g/mol. The van der Waals surface area contributed by atoms with Gasteiger partial charge in [0.15, 0.2) is 0 Å². The molecule has 0 N–H and O–H groups in total. The van der Waals surface area contributed by atoms with Crippen molar-refractivity contribution in [2.24, 2.45) is 0 Å². The number of fused-ring (bicyclic) bond motifs is 1. The molecule has 0 amide bonds. The Kier molecular flexibility index (Phi) is 4.65. The van der Waals surface area contributed by atoms with Crippen LogP contribution >= 0.6 is 0 Å². The van der Waals surface area contributed by atoms with Crippen LogP contribution in [0.1, 0.15) is 37.5 Å². The lowest BCUT2D eigenvalue weighted by molar-refractivity contribution is -0.137. The summed E-state index contributed by atoms with van der Waals surface area (Å²) in [4.78, 5) is 4.03. The molecule has 0 aliphatic rings. The number of aromatic nitrogens is 1. The van der Waals surface area contributed by atoms with Gasteiger partial charge in [0.2, 0.25) is 0 Å². The Balaban J connectivity index is 1.81. The molecule has 0 radical (unpaired) electrons. The van der Waals surface area contributed by atoms with Crippen LogP contribution in [-0.2, 0) is 18.2 Å². The average molecular weight is 359 g/mol. The van der Waals surface area contributed by atoms with E-state index in [0.717, 1.165) is 17.7 Å². The lowest BCUT2D eigenvalue weighted by Gasteiger charge is -2.19. The summed E-state index contributed by atoms with van der Waals surface area (Å²) in [7, 11) is 0. The third-order valence-electron chi connectivity index (χ3n) is 4.24. The van der Waals surface area contributed by atoms with Crippen molar-refractivity contribution >= 4 is 10.9 Å². The Morgan fingerprint density at radius 1 is 0.885 bits per heavy atom. The van der Waals surface area contributed by atoms with E-state index in [1.165, 1.54) is 17.8 Å². The number of alkyl halides is 3. The lowest BCUT2D eigenvalue weighted by atomic mass is 9.87. The smallest absolute Gasteiger partial charge is 0.416 e. The van der Waals surface area contributed by atoms with Crippen molar-refractivity contribution < 1.29 is 17.9 Å². The first-order chi connectivity index (χ1) is 12.1. The average Bonchev–Trinajstić information content (AvgIpc) is 2.58. The van der Waals surface area contributed by atoms with Gasteiger partial charge in [-0.15, -0.1) is 0 Å². The Labute approximate surface area is 150 Å². The van der Waals surface area contributed by atoms with E-state index >= 15 is 0 Å². The number of hydrogen-bond acceptors (Lipinski definition) is 2. The van der Waals surface area contributed by atoms with Crippen LogP contribution in [0.15, 0.2) is 54.7 Å². The number of hydrogen-bond donors (Lipinski definition) is 0. The summed E-state index contributed by atoms with van der Waals surface area (Å²) in [6.07, 6.45) is -2.93. The van der Waals surface area contributed by atoms with Crippen molar-refractivity contribution in [2.45, 2.75) is 39.0 Å². The number of pyridine rings is 1. The molecule has 5 heteroatoms. The maximum atomic E-state index is 12.8. The molecule has 136 valence electrons. The van der Waals surface area contributed by atoms with Gasteiger partial charge in [-0.05, 0) is 40.8 Å². The largest absolute Gasteiger partial charge is 0.488 e. The second kappa shape index (κ2) is 6.63. The summed E-state index contributed by atoms with van der Waals surface area (Å²) in [5, 5.41) is 0.562. The van der Waals surface area contributed by atoms with Gasteiger partial charge in [0.1, 0.15) is 12.4 Å². The number of ether oxygens (including phenoxy) is 1. The van der Waals surface area contributed by atoms with Crippen LogP contribution in [-0.4, -0.2) is 4.98 Å². The predicted octanol–water partition coefficient (Wildman–Crippen LogP) is 6.13. The second-order valence-corrected chi connectivity index (χ2v) is 7.27. The van der Waals surface area contributed by atoms with Crippen LogP contribution in [0, 0.1) is 0 Å². The minimum Gasteiger partial charge on any atom is -0.488 e. The molecule has 0 saturated heterocycles. The Bertz CT molecular complexity index is 909. The topological polar surface area (TPSA) is 22.1 Å². The van der Waals surface area contributed by atoms with Gasteiger partial charge < -0.3 is 4.74 Å². The van der Waals surface area contributed by atoms with E-state index in [-0.39, 0.29) is 10.9 Å². The molecule has 3 aromatic rings. The minimum absolute atomic E-state index is 0.0802. The summed E-state index contributed by atoms with van der Waals surface area (Å²) in [5.41, 5.74) is 1.86. The van der Waals surface area contributed by atoms with Gasteiger partial charge in [-0.25, -0.2) is 0 Å². The van der Waals surface area contributed by atoms with Crippen LogP contribution in [0.5, 0.6) is 5.75 Å². The fraction of sp³-hybridized carbons (Fsp3) is 0.286. The van der Waals surface area contributed by atoms with Gasteiger partial charge in [0, 0.05) is 11.6 Å². The fourth-order valence-electron chi connectivity index (χ4n) is 2.69. The molecule has 0 aliphatic carbocycles. The van der Waals surface area contributed by atoms with E-state index < -0.39 is 11.7 Å². The fourth-order valence-corrected chi connectivity index (χ4v) is 2.69. The molecule has 3 rings (SSSR count). The Morgan fingerprint density at radius 2 is 1.54 bits per heavy atom. The van der Waals surface area contributed by atoms with E-state index in [1.54, 1.807) is 6.07 Å². The van der Waals surface area contributed by atoms with Crippen molar-refractivity contribution in [2.75, 3.05) is 0 Å². The third-order valence-corrected chi connectivity index (χ3v) is 4.24. The maximum Gasteiger partial charge on any atom is 0.416 e. The zero-order valence-corrected chi connectivity index (χ0v) is 14.9. The first kappa shape index (κ1) is 18.2. The summed E-state index contributed by atoms with van der Waals surface area (Å²) in [6, 6.07) is 13.3. The van der Waals surface area contributed by atoms with Gasteiger partial charge >= 0.3 is 6.18 Å². The Morgan fingerprint density at radius 3 is 2.15 bits per heavy atom. The Hall–Kier alpha value is -2.56. The number of nitrogens with zero attached hydrogens (tertiary/aromatic N) is 1. The van der Waals surface area contributed by atoms with E-state index in [0.29, 0.717) is 17.7 Å². The SMILES string of the molecule is CC(C)(C)c1ccc(COc2ccnc3cc(C(F)(F)F)ccc23)cc1. The van der Waals surface area contributed by atoms with E-state index in [2.05, 4.69) is 37.9 Å². The molecular weight excluding hydrogens is 339 g/mol. The number of rotatable bonds is 3. The van der Waals surface area contributed by atoms with E-state index in [1.807, 2.05) is 12.1 Å². The zero-order valence-electron chi connectivity index (χ0n) is 14.9. The first-order valence-electron chi connectivity index (χ1n) is 8.33. The van der Waals surface area contributed by atoms with E-state index in [4.69, 9.17) is 4.74 Å². The number of benzene rings is 2. The van der Waals surface area contributed by atoms with E-state index in [9.17, 15) is 13.2 Å². The van der Waals surface area contributed by atoms with Gasteiger partial charge in [-0.3, -0.25) is 4.98 Å². The molecule has 0 saturated carbocycles. The van der Waals surface area contributed by atoms with Crippen LogP contribution in [0.3, 0.4) is 0 Å². The van der Waals surface area contributed by atoms with Crippen molar-refractivity contribution in [1.29, 1.82) is 0 Å². The van der Waals surface area contributed by atoms with Crippen molar-refractivity contribution in [3.8, 4) is 5.75 Å². The molecule has 0 unspecified atom stereocenters. The van der Waals surface area contributed by atoms with Gasteiger partial charge in [0.25, 0.3) is 0 Å². The minimum atomic E-state index is -4.39. The molecule has 1 heterocycles. The standard InChI is InChI=1S/C21H20F3NO/c1-20(2,3)15-6-4-14(5-7-15)13-26-19-10-11-25-18-12-16(21(22,23)24)8-9-17(18)19/h4-12H,13H2,1-3H3. The first-order valence-corrected chi connectivity index (χ1v) is 8.33. The van der Waals surface area contributed by atoms with Gasteiger partial charge in [-0.2, -0.15) is 13.2 Å². The highest BCUT2D eigenvalue weighted by atomic mass is 19.4. The molecular formula is C21H20F3NO. The molecule has 0 aliphatic heterocycles. The van der Waals surface area contributed by atoms with Crippen molar-refractivity contribution in [3.05, 3.63) is 71.4 Å². The lowest BCUT2D eigenvalue weighted by Crippen LogP contribution is -2.10. The normalized spacial score (nSPS) is 12.4. The molecule has 26 heavy (non-hydrogen) atoms. The third kappa shape index (κ3) is 3.98.